The second-order valence-corrected chi connectivity index (χ2v) is 12.7. The van der Waals surface area contributed by atoms with Gasteiger partial charge in [0.2, 0.25) is 11.8 Å². The van der Waals surface area contributed by atoms with Crippen LogP contribution >= 0.6 is 0 Å². The van der Waals surface area contributed by atoms with Gasteiger partial charge in [0.15, 0.2) is 11.6 Å². The molecule has 1 aliphatic heterocycles. The van der Waals surface area contributed by atoms with Gasteiger partial charge in [-0.3, -0.25) is 24.1 Å². The molecule has 2 heterocycles. The maximum Gasteiger partial charge on any atom is 0.264 e. The van der Waals surface area contributed by atoms with Gasteiger partial charge in [0.1, 0.15) is 6.29 Å². The van der Waals surface area contributed by atoms with Gasteiger partial charge in [-0.1, -0.05) is 74.2 Å². The number of nitrogen functional groups attached to an aromatic ring is 1. The molecule has 2 aromatic carbocycles. The fraction of sp³-hybridized carbons (Fsp3) is 0.410. The first-order valence-electron chi connectivity index (χ1n) is 17.9. The predicted molar refractivity (Wildman–Crippen MR) is 200 cm³/mol. The van der Waals surface area contributed by atoms with Gasteiger partial charge in [0.05, 0.1) is 29.5 Å². The SMILES string of the molecule is C=C(CCCOc1cc(-c2ccccc2)nnc1N)CNC(=O)CCCCCCCCNc1cccc2c1C(=O)N(C(C=O)CCC(=O)NC)C2=O. The number of aldehydes is 1. The largest absolute Gasteiger partial charge is 0.490 e. The van der Waals surface area contributed by atoms with Crippen molar-refractivity contribution in [2.45, 2.75) is 76.7 Å². The minimum atomic E-state index is -1.01. The van der Waals surface area contributed by atoms with Gasteiger partial charge < -0.3 is 31.2 Å². The Kier molecular flexibility index (Phi) is 15.3. The van der Waals surface area contributed by atoms with Crippen LogP contribution in [0.3, 0.4) is 0 Å². The molecule has 13 nitrogen and oxygen atoms in total. The number of imide groups is 1. The van der Waals surface area contributed by atoms with Gasteiger partial charge in [0, 0.05) is 50.3 Å². The van der Waals surface area contributed by atoms with Crippen LogP contribution in [-0.2, 0) is 14.4 Å². The third-order valence-electron chi connectivity index (χ3n) is 8.85. The number of amides is 4. The summed E-state index contributed by atoms with van der Waals surface area (Å²) in [5.41, 5.74) is 9.56. The van der Waals surface area contributed by atoms with E-state index in [1.807, 2.05) is 30.3 Å². The smallest absolute Gasteiger partial charge is 0.264 e. The molecule has 1 atom stereocenters. The molecule has 1 aliphatic rings. The highest BCUT2D eigenvalue weighted by Crippen LogP contribution is 2.31. The summed E-state index contributed by atoms with van der Waals surface area (Å²) in [4.78, 5) is 62.9. The lowest BCUT2D eigenvalue weighted by atomic mass is 10.1. The maximum absolute atomic E-state index is 13.2. The molecular weight excluding hydrogens is 662 g/mol. The number of nitrogens with one attached hydrogen (secondary N) is 3. The van der Waals surface area contributed by atoms with E-state index in [0.29, 0.717) is 56.0 Å². The number of fused-ring (bicyclic) bond motifs is 1. The standard InChI is InChI=1S/C39H49N7O6/c1-27(14-13-23-52-33-24-32(44-45-37(33)40)28-15-8-7-9-16-28)25-43-35(49)19-10-5-3-4-6-11-22-42-31-18-12-17-30-36(31)39(51)46(38(30)50)29(26-47)20-21-34(48)41-2/h7-9,12,15-18,24,26,29,42H,1,3-6,10-11,13-14,19-23,25H2,2H3,(H2,40,45)(H,41,48)(H,43,49). The van der Waals surface area contributed by atoms with Crippen molar-refractivity contribution in [2.75, 3.05) is 37.8 Å². The second-order valence-electron chi connectivity index (χ2n) is 12.7. The Hall–Kier alpha value is -5.59. The summed E-state index contributed by atoms with van der Waals surface area (Å²) in [6, 6.07) is 15.5. The van der Waals surface area contributed by atoms with E-state index in [2.05, 4.69) is 32.7 Å². The second kappa shape index (κ2) is 20.3. The molecule has 0 saturated heterocycles. The fourth-order valence-electron chi connectivity index (χ4n) is 5.91. The highest BCUT2D eigenvalue weighted by Gasteiger charge is 2.41. The molecule has 0 aliphatic carbocycles. The Labute approximate surface area is 304 Å². The van der Waals surface area contributed by atoms with Gasteiger partial charge in [0.25, 0.3) is 11.8 Å². The van der Waals surface area contributed by atoms with Gasteiger partial charge in [-0.15, -0.1) is 10.2 Å². The Morgan fingerprint density at radius 3 is 2.40 bits per heavy atom. The summed E-state index contributed by atoms with van der Waals surface area (Å²) in [6.45, 7) is 5.57. The van der Waals surface area contributed by atoms with Crippen molar-refractivity contribution in [1.29, 1.82) is 0 Å². The number of carbonyl (C=O) groups is 5. The molecule has 0 bridgehead atoms. The van der Waals surface area contributed by atoms with Crippen molar-refractivity contribution >= 4 is 41.4 Å². The Morgan fingerprint density at radius 2 is 1.65 bits per heavy atom. The summed E-state index contributed by atoms with van der Waals surface area (Å²) >= 11 is 0. The van der Waals surface area contributed by atoms with Crippen LogP contribution in [0.5, 0.6) is 5.75 Å². The fourth-order valence-corrected chi connectivity index (χ4v) is 5.91. The number of unbranched alkanes of at least 4 members (excludes halogenated alkanes) is 5. The summed E-state index contributed by atoms with van der Waals surface area (Å²) in [5, 5.41) is 16.9. The minimum Gasteiger partial charge on any atom is -0.490 e. The Bertz CT molecular complexity index is 1710. The van der Waals surface area contributed by atoms with Crippen molar-refractivity contribution in [2.24, 2.45) is 0 Å². The molecular formula is C39H49N7O6. The third-order valence-corrected chi connectivity index (χ3v) is 8.85. The van der Waals surface area contributed by atoms with E-state index in [1.165, 1.54) is 7.05 Å². The van der Waals surface area contributed by atoms with Crippen LogP contribution in [0.25, 0.3) is 11.3 Å². The topological polar surface area (TPSA) is 186 Å². The summed E-state index contributed by atoms with van der Waals surface area (Å²) in [6.07, 6.45) is 8.17. The summed E-state index contributed by atoms with van der Waals surface area (Å²) < 4.78 is 5.85. The van der Waals surface area contributed by atoms with Gasteiger partial charge >= 0.3 is 0 Å². The minimum absolute atomic E-state index is 0.0126. The van der Waals surface area contributed by atoms with Crippen molar-refractivity contribution in [3.8, 4) is 17.0 Å². The molecule has 3 aromatic rings. The predicted octanol–water partition coefficient (Wildman–Crippen LogP) is 5.09. The Balaban J connectivity index is 1.04. The number of aromatic nitrogens is 2. The van der Waals surface area contributed by atoms with Gasteiger partial charge in [-0.05, 0) is 44.2 Å². The molecule has 4 amide bonds. The summed E-state index contributed by atoms with van der Waals surface area (Å²) in [5.74, 6) is -0.579. The number of anilines is 2. The number of rotatable bonds is 23. The number of hydrogen-bond acceptors (Lipinski definition) is 10. The van der Waals surface area contributed by atoms with E-state index in [4.69, 9.17) is 10.5 Å². The number of benzene rings is 2. The first-order chi connectivity index (χ1) is 25.2. The lowest BCUT2D eigenvalue weighted by molar-refractivity contribution is -0.122. The van der Waals surface area contributed by atoms with Crippen LogP contribution < -0.4 is 26.4 Å². The highest BCUT2D eigenvalue weighted by molar-refractivity contribution is 6.24. The first kappa shape index (κ1) is 39.2. The van der Waals surface area contributed by atoms with Crippen molar-refractivity contribution < 1.29 is 28.7 Å². The quantitative estimate of drug-likeness (QED) is 0.0447. The molecule has 0 radical (unpaired) electrons. The lowest BCUT2D eigenvalue weighted by Crippen LogP contribution is -2.41. The van der Waals surface area contributed by atoms with Crippen molar-refractivity contribution in [1.82, 2.24) is 25.7 Å². The molecule has 52 heavy (non-hydrogen) atoms. The first-order valence-corrected chi connectivity index (χ1v) is 17.9. The average molecular weight is 712 g/mol. The molecule has 1 aromatic heterocycles. The molecule has 0 saturated carbocycles. The zero-order valence-corrected chi connectivity index (χ0v) is 29.8. The molecule has 0 spiro atoms. The van der Waals surface area contributed by atoms with E-state index in [0.717, 1.165) is 61.0 Å². The van der Waals surface area contributed by atoms with Crippen LogP contribution in [0.2, 0.25) is 0 Å². The molecule has 276 valence electrons. The highest BCUT2D eigenvalue weighted by atomic mass is 16.5. The van der Waals surface area contributed by atoms with E-state index < -0.39 is 17.9 Å². The summed E-state index contributed by atoms with van der Waals surface area (Å²) in [7, 11) is 1.49. The van der Waals surface area contributed by atoms with Crippen molar-refractivity contribution in [3.63, 3.8) is 0 Å². The molecule has 1 unspecified atom stereocenters. The zero-order chi connectivity index (χ0) is 37.3. The zero-order valence-electron chi connectivity index (χ0n) is 29.8. The average Bonchev–Trinajstić information content (AvgIpc) is 3.42. The van der Waals surface area contributed by atoms with E-state index in [-0.39, 0.29) is 41.6 Å². The van der Waals surface area contributed by atoms with Crippen LogP contribution in [0.15, 0.2) is 66.7 Å². The molecule has 0 fully saturated rings. The van der Waals surface area contributed by atoms with E-state index in [1.54, 1.807) is 24.3 Å². The van der Waals surface area contributed by atoms with E-state index >= 15 is 0 Å². The number of ether oxygens (including phenoxy) is 1. The third kappa shape index (κ3) is 11.2. The molecule has 13 heteroatoms. The van der Waals surface area contributed by atoms with E-state index in [9.17, 15) is 24.0 Å². The lowest BCUT2D eigenvalue weighted by Gasteiger charge is -2.21. The number of nitrogens with two attached hydrogens (primary N) is 1. The van der Waals surface area contributed by atoms with Crippen LogP contribution in [-0.4, -0.2) is 77.8 Å². The van der Waals surface area contributed by atoms with Gasteiger partial charge in [-0.25, -0.2) is 0 Å². The molecule has 5 N–H and O–H groups in total. The number of nitrogens with zero attached hydrogens (tertiary/aromatic N) is 3. The van der Waals surface area contributed by atoms with Crippen LogP contribution in [0.1, 0.15) is 91.3 Å². The number of carbonyl (C=O) groups excluding carboxylic acids is 5. The van der Waals surface area contributed by atoms with Crippen molar-refractivity contribution in [3.05, 3.63) is 77.9 Å². The number of hydrogen-bond donors (Lipinski definition) is 4. The van der Waals surface area contributed by atoms with Crippen LogP contribution in [0.4, 0.5) is 11.5 Å². The normalized spacial score (nSPS) is 12.6. The molecule has 4 rings (SSSR count). The maximum atomic E-state index is 13.2. The monoisotopic (exact) mass is 711 g/mol. The van der Waals surface area contributed by atoms with Gasteiger partial charge in [-0.2, -0.15) is 0 Å². The Morgan fingerprint density at radius 1 is 0.904 bits per heavy atom. The van der Waals surface area contributed by atoms with Crippen LogP contribution in [0, 0.1) is 0 Å².